The summed E-state index contributed by atoms with van der Waals surface area (Å²) in [5, 5.41) is 9.95. The number of hydrogen-bond acceptors (Lipinski definition) is 4. The van der Waals surface area contributed by atoms with Crippen LogP contribution in [0.3, 0.4) is 0 Å². The number of sulfonamides is 1. The lowest BCUT2D eigenvalue weighted by atomic mass is 9.94. The molecular weight excluding hydrogens is 252 g/mol. The van der Waals surface area contributed by atoms with Crippen LogP contribution in [-0.4, -0.2) is 31.2 Å². The van der Waals surface area contributed by atoms with Gasteiger partial charge < -0.3 is 5.32 Å². The van der Waals surface area contributed by atoms with E-state index in [0.29, 0.717) is 6.54 Å². The molecule has 1 heterocycles. The first kappa shape index (κ1) is 13.5. The highest BCUT2D eigenvalue weighted by atomic mass is 32.2. The Balaban J connectivity index is 2.20. The lowest BCUT2D eigenvalue weighted by Gasteiger charge is -2.25. The number of rotatable bonds is 6. The Bertz CT molecular complexity index is 505. The van der Waals surface area contributed by atoms with Crippen molar-refractivity contribution in [1.29, 1.82) is 0 Å². The second kappa shape index (κ2) is 5.38. The lowest BCUT2D eigenvalue weighted by molar-refractivity contribution is 0.383. The van der Waals surface area contributed by atoms with Gasteiger partial charge in [-0.1, -0.05) is 13.3 Å². The molecule has 0 amide bonds. The van der Waals surface area contributed by atoms with Crippen LogP contribution in [0.2, 0.25) is 0 Å². The van der Waals surface area contributed by atoms with Gasteiger partial charge in [0.1, 0.15) is 0 Å². The SMILES string of the molecule is CCNCc1c(S(=O)(=O)NC2CCC2)n[nH]c1C. The van der Waals surface area contributed by atoms with Gasteiger partial charge >= 0.3 is 0 Å². The molecule has 2 rings (SSSR count). The van der Waals surface area contributed by atoms with Crippen LogP contribution in [0.5, 0.6) is 0 Å². The first-order valence-corrected chi connectivity index (χ1v) is 7.79. The predicted octanol–water partition coefficient (Wildman–Crippen LogP) is 0.658. The third kappa shape index (κ3) is 2.73. The van der Waals surface area contributed by atoms with Crippen LogP contribution < -0.4 is 10.0 Å². The van der Waals surface area contributed by atoms with E-state index in [-0.39, 0.29) is 11.1 Å². The Morgan fingerprint density at radius 1 is 1.44 bits per heavy atom. The second-order valence-electron chi connectivity index (χ2n) is 4.66. The minimum atomic E-state index is -3.49. The maximum atomic E-state index is 12.2. The summed E-state index contributed by atoms with van der Waals surface area (Å²) in [6.45, 7) is 5.12. The number of aromatic amines is 1. The van der Waals surface area contributed by atoms with Crippen molar-refractivity contribution in [3.8, 4) is 0 Å². The molecule has 18 heavy (non-hydrogen) atoms. The fraction of sp³-hybridized carbons (Fsp3) is 0.727. The molecule has 0 spiro atoms. The van der Waals surface area contributed by atoms with Gasteiger partial charge in [-0.15, -0.1) is 0 Å². The van der Waals surface area contributed by atoms with E-state index in [0.717, 1.165) is 37.1 Å². The first-order chi connectivity index (χ1) is 8.54. The minimum absolute atomic E-state index is 0.0824. The molecule has 0 radical (unpaired) electrons. The zero-order chi connectivity index (χ0) is 13.2. The van der Waals surface area contributed by atoms with Crippen molar-refractivity contribution < 1.29 is 8.42 Å². The molecular formula is C11H20N4O2S. The maximum Gasteiger partial charge on any atom is 0.260 e. The summed E-state index contributed by atoms with van der Waals surface area (Å²) < 4.78 is 27.1. The molecule has 0 aliphatic heterocycles. The molecule has 1 saturated carbocycles. The molecule has 1 aliphatic rings. The van der Waals surface area contributed by atoms with E-state index in [1.54, 1.807) is 0 Å². The zero-order valence-electron chi connectivity index (χ0n) is 10.8. The van der Waals surface area contributed by atoms with E-state index >= 15 is 0 Å². The Morgan fingerprint density at radius 3 is 2.72 bits per heavy atom. The number of nitrogens with one attached hydrogen (secondary N) is 3. The number of nitrogens with zero attached hydrogens (tertiary/aromatic N) is 1. The second-order valence-corrected chi connectivity index (χ2v) is 6.29. The van der Waals surface area contributed by atoms with E-state index < -0.39 is 10.0 Å². The fourth-order valence-corrected chi connectivity index (χ4v) is 3.41. The molecule has 0 saturated heterocycles. The van der Waals surface area contributed by atoms with Crippen molar-refractivity contribution in [2.75, 3.05) is 6.54 Å². The van der Waals surface area contributed by atoms with E-state index in [9.17, 15) is 8.42 Å². The van der Waals surface area contributed by atoms with Gasteiger partial charge in [-0.3, -0.25) is 5.10 Å². The van der Waals surface area contributed by atoms with Crippen LogP contribution >= 0.6 is 0 Å². The molecule has 6 nitrogen and oxygen atoms in total. The quantitative estimate of drug-likeness (QED) is 0.710. The number of hydrogen-bond donors (Lipinski definition) is 3. The molecule has 102 valence electrons. The highest BCUT2D eigenvalue weighted by Gasteiger charge is 2.28. The lowest BCUT2D eigenvalue weighted by Crippen LogP contribution is -2.40. The van der Waals surface area contributed by atoms with E-state index in [4.69, 9.17) is 0 Å². The molecule has 7 heteroatoms. The summed E-state index contributed by atoms with van der Waals surface area (Å²) in [5.41, 5.74) is 1.52. The monoisotopic (exact) mass is 272 g/mol. The molecule has 0 unspecified atom stereocenters. The number of aromatic nitrogens is 2. The van der Waals surface area contributed by atoms with Gasteiger partial charge in [-0.25, -0.2) is 13.1 Å². The zero-order valence-corrected chi connectivity index (χ0v) is 11.6. The van der Waals surface area contributed by atoms with E-state index in [1.807, 2.05) is 13.8 Å². The topological polar surface area (TPSA) is 86.9 Å². The van der Waals surface area contributed by atoms with Crippen LogP contribution in [0.4, 0.5) is 0 Å². The molecule has 1 fully saturated rings. The molecule has 0 bridgehead atoms. The molecule has 1 aromatic rings. The van der Waals surface area contributed by atoms with Crippen molar-refractivity contribution in [3.05, 3.63) is 11.3 Å². The average Bonchev–Trinajstić information content (AvgIpc) is 2.63. The maximum absolute atomic E-state index is 12.2. The van der Waals surface area contributed by atoms with Crippen LogP contribution in [0.15, 0.2) is 5.03 Å². The van der Waals surface area contributed by atoms with Gasteiger partial charge in [-0.05, 0) is 26.3 Å². The largest absolute Gasteiger partial charge is 0.313 e. The van der Waals surface area contributed by atoms with Gasteiger partial charge in [0.05, 0.1) is 0 Å². The Kier molecular flexibility index (Phi) is 4.04. The van der Waals surface area contributed by atoms with Gasteiger partial charge in [0.15, 0.2) is 5.03 Å². The van der Waals surface area contributed by atoms with Gasteiger partial charge in [-0.2, -0.15) is 5.10 Å². The van der Waals surface area contributed by atoms with Crippen LogP contribution in [0, 0.1) is 6.92 Å². The minimum Gasteiger partial charge on any atom is -0.313 e. The van der Waals surface area contributed by atoms with E-state index in [2.05, 4.69) is 20.2 Å². The molecule has 1 aliphatic carbocycles. The summed E-state index contributed by atoms with van der Waals surface area (Å²) in [7, 11) is -3.49. The van der Waals surface area contributed by atoms with Crippen molar-refractivity contribution in [2.24, 2.45) is 0 Å². The molecule has 1 aromatic heterocycles. The highest BCUT2D eigenvalue weighted by Crippen LogP contribution is 2.22. The van der Waals surface area contributed by atoms with Crippen molar-refractivity contribution in [3.63, 3.8) is 0 Å². The Labute approximate surface area is 108 Å². The van der Waals surface area contributed by atoms with Crippen LogP contribution in [0.1, 0.15) is 37.4 Å². The van der Waals surface area contributed by atoms with E-state index in [1.165, 1.54) is 0 Å². The third-order valence-electron chi connectivity index (χ3n) is 3.27. The Hall–Kier alpha value is -0.920. The standard InChI is InChI=1S/C11H20N4O2S/c1-3-12-7-10-8(2)13-14-11(10)18(16,17)15-9-5-4-6-9/h9,12,15H,3-7H2,1-2H3,(H,13,14). The van der Waals surface area contributed by atoms with Crippen molar-refractivity contribution in [2.45, 2.75) is 50.7 Å². The molecule has 3 N–H and O–H groups in total. The van der Waals surface area contributed by atoms with Gasteiger partial charge in [0.2, 0.25) is 0 Å². The van der Waals surface area contributed by atoms with Gasteiger partial charge in [0, 0.05) is 23.8 Å². The normalized spacial score (nSPS) is 16.8. The summed E-state index contributed by atoms with van der Waals surface area (Å²) in [6.07, 6.45) is 2.94. The van der Waals surface area contributed by atoms with Gasteiger partial charge in [0.25, 0.3) is 10.0 Å². The number of aryl methyl sites for hydroxylation is 1. The first-order valence-electron chi connectivity index (χ1n) is 6.31. The fourth-order valence-electron chi connectivity index (χ4n) is 1.91. The molecule has 0 aromatic carbocycles. The smallest absolute Gasteiger partial charge is 0.260 e. The summed E-state index contributed by atoms with van der Waals surface area (Å²) in [5.74, 6) is 0. The van der Waals surface area contributed by atoms with Crippen molar-refractivity contribution >= 4 is 10.0 Å². The number of H-pyrrole nitrogens is 1. The van der Waals surface area contributed by atoms with Crippen LogP contribution in [0.25, 0.3) is 0 Å². The van der Waals surface area contributed by atoms with Crippen LogP contribution in [-0.2, 0) is 16.6 Å². The Morgan fingerprint density at radius 2 is 2.17 bits per heavy atom. The highest BCUT2D eigenvalue weighted by molar-refractivity contribution is 7.89. The third-order valence-corrected chi connectivity index (χ3v) is 4.76. The summed E-state index contributed by atoms with van der Waals surface area (Å²) >= 11 is 0. The van der Waals surface area contributed by atoms with Crippen molar-refractivity contribution in [1.82, 2.24) is 20.2 Å². The summed E-state index contributed by atoms with van der Waals surface area (Å²) in [4.78, 5) is 0. The summed E-state index contributed by atoms with van der Waals surface area (Å²) in [6, 6.07) is 0.0824. The predicted molar refractivity (Wildman–Crippen MR) is 68.7 cm³/mol. The molecule has 0 atom stereocenters. The average molecular weight is 272 g/mol.